The first-order chi connectivity index (χ1) is 11.1. The smallest absolute Gasteiger partial charge is 0.326 e. The zero-order valence-electron chi connectivity index (χ0n) is 12.8. The minimum atomic E-state index is -4.13. The fraction of sp³-hybridized carbons (Fsp3) is 0.562. The molecule has 0 atom stereocenters. The Kier molecular flexibility index (Phi) is 4.51. The monoisotopic (exact) mass is 364 g/mol. The number of carbonyl (C=O) groups is 1. The summed E-state index contributed by atoms with van der Waals surface area (Å²) in [5.74, 6) is -0.907. The maximum Gasteiger partial charge on any atom is 0.390 e. The van der Waals surface area contributed by atoms with Gasteiger partial charge in [0.15, 0.2) is 0 Å². The van der Waals surface area contributed by atoms with Gasteiger partial charge in [-0.25, -0.2) is 4.39 Å². The van der Waals surface area contributed by atoms with Crippen molar-refractivity contribution in [2.75, 3.05) is 25.0 Å². The molecule has 0 radical (unpaired) electrons. The van der Waals surface area contributed by atoms with Crippen molar-refractivity contribution in [2.24, 2.45) is 11.3 Å². The van der Waals surface area contributed by atoms with E-state index >= 15 is 0 Å². The number of halogens is 5. The lowest BCUT2D eigenvalue weighted by molar-refractivity contribution is -0.157. The summed E-state index contributed by atoms with van der Waals surface area (Å²) in [5, 5.41) is 2.85. The number of likely N-dealkylation sites (tertiary alicyclic amines) is 1. The number of amides is 1. The number of rotatable bonds is 4. The van der Waals surface area contributed by atoms with Crippen molar-refractivity contribution >= 4 is 23.2 Å². The van der Waals surface area contributed by atoms with Crippen LogP contribution in [0.1, 0.15) is 19.3 Å². The van der Waals surface area contributed by atoms with Crippen LogP contribution in [0.25, 0.3) is 0 Å². The maximum atomic E-state index is 13.2. The van der Waals surface area contributed by atoms with E-state index in [4.69, 9.17) is 11.6 Å². The van der Waals surface area contributed by atoms with Crippen LogP contribution in [-0.4, -0.2) is 36.6 Å². The zero-order valence-corrected chi connectivity index (χ0v) is 13.6. The highest BCUT2D eigenvalue weighted by Crippen LogP contribution is 2.52. The third-order valence-corrected chi connectivity index (χ3v) is 4.91. The summed E-state index contributed by atoms with van der Waals surface area (Å²) in [7, 11) is 0. The Labute approximate surface area is 142 Å². The Hall–Kier alpha value is -1.34. The van der Waals surface area contributed by atoms with Gasteiger partial charge in [0, 0.05) is 36.3 Å². The molecule has 132 valence electrons. The molecule has 1 aliphatic carbocycles. The van der Waals surface area contributed by atoms with Gasteiger partial charge in [-0.2, -0.15) is 13.2 Å². The van der Waals surface area contributed by atoms with Crippen LogP contribution in [0.5, 0.6) is 0 Å². The molecule has 0 bridgehead atoms. The van der Waals surface area contributed by atoms with Crippen LogP contribution in [0.15, 0.2) is 18.2 Å². The SMILES string of the molecule is O=C(Nc1cc(F)cc(Cl)c1)C1CC2(C1)CN(CCC(F)(F)F)C2. The van der Waals surface area contributed by atoms with Gasteiger partial charge < -0.3 is 10.2 Å². The number of benzene rings is 1. The van der Waals surface area contributed by atoms with Gasteiger partial charge in [-0.1, -0.05) is 11.6 Å². The molecule has 0 aromatic heterocycles. The first kappa shape index (κ1) is 17.5. The second-order valence-corrected chi connectivity index (χ2v) is 7.26. The number of alkyl halides is 3. The summed E-state index contributed by atoms with van der Waals surface area (Å²) in [6, 6.07) is 3.82. The Bertz CT molecular complexity index is 615. The van der Waals surface area contributed by atoms with E-state index in [1.54, 1.807) is 4.90 Å². The molecule has 1 aliphatic heterocycles. The molecule has 1 aromatic carbocycles. The Morgan fingerprint density at radius 3 is 2.54 bits per heavy atom. The van der Waals surface area contributed by atoms with Crippen molar-refractivity contribution in [2.45, 2.75) is 25.4 Å². The predicted molar refractivity (Wildman–Crippen MR) is 82.3 cm³/mol. The van der Waals surface area contributed by atoms with Crippen LogP contribution in [0, 0.1) is 17.2 Å². The van der Waals surface area contributed by atoms with Crippen LogP contribution in [0.2, 0.25) is 5.02 Å². The maximum absolute atomic E-state index is 13.2. The number of nitrogens with one attached hydrogen (secondary N) is 1. The fourth-order valence-electron chi connectivity index (χ4n) is 3.64. The standard InChI is InChI=1S/C16H17ClF4N2O/c17-11-3-12(18)5-13(4-11)22-14(24)10-6-15(7-10)8-23(9-15)2-1-16(19,20)21/h3-5,10H,1-2,6-9H2,(H,22,24). The van der Waals surface area contributed by atoms with Gasteiger partial charge in [0.25, 0.3) is 0 Å². The Morgan fingerprint density at radius 1 is 1.29 bits per heavy atom. The summed E-state index contributed by atoms with van der Waals surface area (Å²) in [6.45, 7) is 1.24. The van der Waals surface area contributed by atoms with Crippen molar-refractivity contribution in [3.05, 3.63) is 29.0 Å². The molecule has 1 saturated carbocycles. The molecule has 3 rings (SSSR count). The third kappa shape index (κ3) is 4.00. The number of carbonyl (C=O) groups excluding carboxylic acids is 1. The van der Waals surface area contributed by atoms with Gasteiger partial charge in [0.1, 0.15) is 5.82 Å². The van der Waals surface area contributed by atoms with Gasteiger partial charge in [-0.05, 0) is 36.5 Å². The second kappa shape index (κ2) is 6.19. The average molecular weight is 365 g/mol. The van der Waals surface area contributed by atoms with Gasteiger partial charge >= 0.3 is 6.18 Å². The van der Waals surface area contributed by atoms with Crippen molar-refractivity contribution in [3.63, 3.8) is 0 Å². The van der Waals surface area contributed by atoms with Crippen LogP contribution >= 0.6 is 11.6 Å². The first-order valence-corrected chi connectivity index (χ1v) is 8.08. The van der Waals surface area contributed by atoms with E-state index in [1.807, 2.05) is 0 Å². The lowest BCUT2D eigenvalue weighted by Gasteiger charge is -2.58. The van der Waals surface area contributed by atoms with E-state index in [-0.39, 0.29) is 28.8 Å². The van der Waals surface area contributed by atoms with E-state index in [1.165, 1.54) is 12.1 Å². The number of hydrogen-bond acceptors (Lipinski definition) is 2. The number of nitrogens with zero attached hydrogens (tertiary/aromatic N) is 1. The number of hydrogen-bond donors (Lipinski definition) is 1. The molecule has 1 amide bonds. The van der Waals surface area contributed by atoms with E-state index < -0.39 is 18.4 Å². The molecule has 24 heavy (non-hydrogen) atoms. The molecule has 1 N–H and O–H groups in total. The van der Waals surface area contributed by atoms with Gasteiger partial charge in [0.05, 0.1) is 6.42 Å². The summed E-state index contributed by atoms with van der Waals surface area (Å²) in [6.07, 6.45) is -3.61. The van der Waals surface area contributed by atoms with Crippen LogP contribution < -0.4 is 5.32 Å². The van der Waals surface area contributed by atoms with Gasteiger partial charge in [-0.3, -0.25) is 4.79 Å². The minimum absolute atomic E-state index is 0.0178. The van der Waals surface area contributed by atoms with E-state index in [9.17, 15) is 22.4 Å². The second-order valence-electron chi connectivity index (χ2n) is 6.83. The summed E-state index contributed by atoms with van der Waals surface area (Å²) in [4.78, 5) is 13.9. The summed E-state index contributed by atoms with van der Waals surface area (Å²) in [5.41, 5.74) is 0.291. The molecule has 2 fully saturated rings. The van der Waals surface area contributed by atoms with Gasteiger partial charge in [0.2, 0.25) is 5.91 Å². The summed E-state index contributed by atoms with van der Waals surface area (Å²) < 4.78 is 49.8. The van der Waals surface area contributed by atoms with Crippen molar-refractivity contribution in [3.8, 4) is 0 Å². The van der Waals surface area contributed by atoms with Crippen molar-refractivity contribution in [1.82, 2.24) is 4.90 Å². The molecule has 8 heteroatoms. The van der Waals surface area contributed by atoms with Crippen LogP contribution in [-0.2, 0) is 4.79 Å². The molecular formula is C16H17ClF4N2O. The fourth-order valence-corrected chi connectivity index (χ4v) is 3.87. The molecule has 0 unspecified atom stereocenters. The molecular weight excluding hydrogens is 348 g/mol. The molecule has 1 spiro atoms. The Morgan fingerprint density at radius 2 is 1.96 bits per heavy atom. The minimum Gasteiger partial charge on any atom is -0.326 e. The molecule has 1 saturated heterocycles. The molecule has 3 nitrogen and oxygen atoms in total. The first-order valence-electron chi connectivity index (χ1n) is 7.70. The van der Waals surface area contributed by atoms with Crippen molar-refractivity contribution < 1.29 is 22.4 Å². The molecule has 1 heterocycles. The van der Waals surface area contributed by atoms with E-state index in [2.05, 4.69) is 5.32 Å². The lowest BCUT2D eigenvalue weighted by atomic mass is 9.57. The molecule has 1 aromatic rings. The normalized spacial score (nSPS) is 20.5. The number of anilines is 1. The quantitative estimate of drug-likeness (QED) is 0.816. The highest BCUT2D eigenvalue weighted by atomic mass is 35.5. The van der Waals surface area contributed by atoms with Gasteiger partial charge in [-0.15, -0.1) is 0 Å². The molecule has 2 aliphatic rings. The lowest BCUT2D eigenvalue weighted by Crippen LogP contribution is -2.63. The van der Waals surface area contributed by atoms with Crippen LogP contribution in [0.4, 0.5) is 23.2 Å². The predicted octanol–water partition coefficient (Wildman–Crippen LogP) is 4.08. The largest absolute Gasteiger partial charge is 0.390 e. The zero-order chi connectivity index (χ0) is 17.5. The van der Waals surface area contributed by atoms with E-state index in [0.717, 1.165) is 6.07 Å². The topological polar surface area (TPSA) is 32.3 Å². The van der Waals surface area contributed by atoms with Crippen molar-refractivity contribution in [1.29, 1.82) is 0 Å². The van der Waals surface area contributed by atoms with Crippen LogP contribution in [0.3, 0.4) is 0 Å². The average Bonchev–Trinajstić information content (AvgIpc) is 2.31. The van der Waals surface area contributed by atoms with E-state index in [0.29, 0.717) is 31.6 Å². The Balaban J connectivity index is 1.43. The highest BCUT2D eigenvalue weighted by Gasteiger charge is 2.54. The highest BCUT2D eigenvalue weighted by molar-refractivity contribution is 6.30. The third-order valence-electron chi connectivity index (χ3n) is 4.69. The summed E-state index contributed by atoms with van der Waals surface area (Å²) >= 11 is 5.74.